The van der Waals surface area contributed by atoms with Gasteiger partial charge in [0, 0.05) is 0 Å². The number of hydrogen-bond acceptors (Lipinski definition) is 3. The third-order valence-corrected chi connectivity index (χ3v) is 0. The molecule has 7 heteroatoms. The SMILES string of the molecule is O=S(=O)([O-])O.[Br-].[Mg+2]. The van der Waals surface area contributed by atoms with Crippen LogP contribution < -0.4 is 17.0 Å². The summed E-state index contributed by atoms with van der Waals surface area (Å²) in [6.45, 7) is 0. The minimum atomic E-state index is -4.92. The van der Waals surface area contributed by atoms with Gasteiger partial charge in [0.05, 0.1) is 0 Å². The molecule has 4 nitrogen and oxygen atoms in total. The third-order valence-electron chi connectivity index (χ3n) is 0. The Kier molecular flexibility index (Phi) is 11.8. The van der Waals surface area contributed by atoms with Gasteiger partial charge in [0.25, 0.3) is 0 Å². The normalized spacial score (nSPS) is 8.29. The van der Waals surface area contributed by atoms with Crippen LogP contribution in [0.4, 0.5) is 0 Å². The second kappa shape index (κ2) is 5.26. The zero-order valence-electron chi connectivity index (χ0n) is 3.17. The van der Waals surface area contributed by atoms with E-state index in [0.29, 0.717) is 0 Å². The van der Waals surface area contributed by atoms with E-state index in [4.69, 9.17) is 17.5 Å². The topological polar surface area (TPSA) is 77.4 Å². The summed E-state index contributed by atoms with van der Waals surface area (Å²) in [4.78, 5) is 0. The Morgan fingerprint density at radius 3 is 1.43 bits per heavy atom. The van der Waals surface area contributed by atoms with E-state index >= 15 is 0 Å². The summed E-state index contributed by atoms with van der Waals surface area (Å²) >= 11 is 0. The summed E-state index contributed by atoms with van der Waals surface area (Å²) in [6.07, 6.45) is 0. The molecule has 0 heterocycles. The molecule has 40 valence electrons. The average molecular weight is 201 g/mol. The Morgan fingerprint density at radius 1 is 1.43 bits per heavy atom. The van der Waals surface area contributed by atoms with Crippen molar-refractivity contribution < 1.29 is 34.5 Å². The van der Waals surface area contributed by atoms with Gasteiger partial charge in [-0.15, -0.1) is 0 Å². The molecule has 0 aliphatic rings. The Balaban J connectivity index is -0.0000000800. The quantitative estimate of drug-likeness (QED) is 0.244. The van der Waals surface area contributed by atoms with Gasteiger partial charge in [-0.25, -0.2) is 8.42 Å². The molecule has 0 spiro atoms. The zero-order valence-corrected chi connectivity index (χ0v) is 6.98. The predicted molar refractivity (Wildman–Crippen MR) is 18.1 cm³/mol. The van der Waals surface area contributed by atoms with Crippen molar-refractivity contribution >= 4 is 33.5 Å². The van der Waals surface area contributed by atoms with Crippen LogP contribution in [0.3, 0.4) is 0 Å². The van der Waals surface area contributed by atoms with E-state index in [1.165, 1.54) is 0 Å². The molecule has 0 radical (unpaired) electrons. The van der Waals surface area contributed by atoms with Crippen LogP contribution >= 0.6 is 0 Å². The third kappa shape index (κ3) is 149. The molecule has 0 aliphatic carbocycles. The Bertz CT molecular complexity index is 94.9. The summed E-state index contributed by atoms with van der Waals surface area (Å²) in [5.41, 5.74) is 0. The molecule has 0 aliphatic heterocycles. The first-order valence-corrected chi connectivity index (χ1v) is 2.05. The van der Waals surface area contributed by atoms with Crippen LogP contribution in [0, 0.1) is 0 Å². The molecular weight excluding hydrogens is 200 g/mol. The van der Waals surface area contributed by atoms with E-state index in [-0.39, 0.29) is 40.0 Å². The van der Waals surface area contributed by atoms with Crippen molar-refractivity contribution in [3.8, 4) is 0 Å². The second-order valence-corrected chi connectivity index (χ2v) is 1.28. The molecule has 0 aromatic heterocycles. The van der Waals surface area contributed by atoms with Gasteiger partial charge < -0.3 is 21.5 Å². The van der Waals surface area contributed by atoms with Crippen LogP contribution in [0.2, 0.25) is 0 Å². The minimum absolute atomic E-state index is 0. The van der Waals surface area contributed by atoms with Crippen LogP contribution in [0.5, 0.6) is 0 Å². The van der Waals surface area contributed by atoms with Gasteiger partial charge in [0.2, 0.25) is 10.4 Å². The minimum Gasteiger partial charge on any atom is -1.00 e. The van der Waals surface area contributed by atoms with E-state index in [2.05, 4.69) is 0 Å². The van der Waals surface area contributed by atoms with Crippen molar-refractivity contribution in [2.75, 3.05) is 0 Å². The van der Waals surface area contributed by atoms with Gasteiger partial charge in [-0.2, -0.15) is 0 Å². The van der Waals surface area contributed by atoms with Gasteiger partial charge in [-0.1, -0.05) is 0 Å². The number of halogens is 1. The number of rotatable bonds is 0. The van der Waals surface area contributed by atoms with Gasteiger partial charge in [0.15, 0.2) is 0 Å². The fourth-order valence-electron chi connectivity index (χ4n) is 0. The molecule has 0 rings (SSSR count). The van der Waals surface area contributed by atoms with Crippen LogP contribution in [0.25, 0.3) is 0 Å². The fourth-order valence-corrected chi connectivity index (χ4v) is 0. The van der Waals surface area contributed by atoms with Crippen molar-refractivity contribution in [1.29, 1.82) is 0 Å². The summed E-state index contributed by atoms with van der Waals surface area (Å²) in [7, 11) is -4.92. The smallest absolute Gasteiger partial charge is 1.00 e. The molecule has 1 N–H and O–H groups in total. The van der Waals surface area contributed by atoms with Crippen LogP contribution in [0.15, 0.2) is 0 Å². The molecule has 0 atom stereocenters. The van der Waals surface area contributed by atoms with Crippen molar-refractivity contribution in [3.63, 3.8) is 0 Å². The molecule has 0 aromatic rings. The van der Waals surface area contributed by atoms with E-state index in [0.717, 1.165) is 0 Å². The molecule has 0 fully saturated rings. The van der Waals surface area contributed by atoms with Crippen LogP contribution in [-0.2, 0) is 10.4 Å². The van der Waals surface area contributed by atoms with E-state index < -0.39 is 10.4 Å². The average Bonchev–Trinajstić information content (AvgIpc) is 0.722. The van der Waals surface area contributed by atoms with Gasteiger partial charge in [0.1, 0.15) is 0 Å². The first-order chi connectivity index (χ1) is 2.00. The van der Waals surface area contributed by atoms with Crippen molar-refractivity contribution in [3.05, 3.63) is 0 Å². The standard InChI is InChI=1S/BrH.Mg.H2O4S/c;;1-5(2,3)4/h1H;;(H2,1,2,3,4)/q;+2;/p-2. The maximum atomic E-state index is 8.63. The molecule has 0 saturated carbocycles. The molecule has 0 amide bonds. The Labute approximate surface area is 67.8 Å². The van der Waals surface area contributed by atoms with Crippen LogP contribution in [0.1, 0.15) is 0 Å². The molecule has 0 aromatic carbocycles. The van der Waals surface area contributed by atoms with Crippen molar-refractivity contribution in [1.82, 2.24) is 0 Å². The molecule has 0 unspecified atom stereocenters. The first kappa shape index (κ1) is 15.7. The van der Waals surface area contributed by atoms with Gasteiger partial charge >= 0.3 is 23.1 Å². The van der Waals surface area contributed by atoms with E-state index in [9.17, 15) is 0 Å². The van der Waals surface area contributed by atoms with Crippen LogP contribution in [-0.4, -0.2) is 40.6 Å². The second-order valence-electron chi connectivity index (χ2n) is 0.428. The summed E-state index contributed by atoms with van der Waals surface area (Å²) in [5.74, 6) is 0. The number of hydrogen-bond donors (Lipinski definition) is 1. The molecule has 7 heavy (non-hydrogen) atoms. The molecular formula is HBrMgO4S. The summed E-state index contributed by atoms with van der Waals surface area (Å²) in [5, 5.41) is 0. The maximum absolute atomic E-state index is 8.63. The van der Waals surface area contributed by atoms with Crippen molar-refractivity contribution in [2.24, 2.45) is 0 Å². The first-order valence-electron chi connectivity index (χ1n) is 0.683. The van der Waals surface area contributed by atoms with E-state index in [1.54, 1.807) is 0 Å². The van der Waals surface area contributed by atoms with Crippen molar-refractivity contribution in [2.45, 2.75) is 0 Å². The van der Waals surface area contributed by atoms with E-state index in [1.807, 2.05) is 0 Å². The predicted octanol–water partition coefficient (Wildman–Crippen LogP) is -4.37. The Hall–Kier alpha value is 1.12. The largest absolute Gasteiger partial charge is 2.00 e. The summed E-state index contributed by atoms with van der Waals surface area (Å²) < 4.78 is 32.8. The van der Waals surface area contributed by atoms with Gasteiger partial charge in [-0.3, -0.25) is 4.55 Å². The zero-order chi connectivity index (χ0) is 4.50. The Morgan fingerprint density at radius 2 is 1.43 bits per heavy atom. The molecule has 0 bridgehead atoms. The molecule has 0 saturated heterocycles. The maximum Gasteiger partial charge on any atom is 2.00 e. The monoisotopic (exact) mass is 200 g/mol. The summed E-state index contributed by atoms with van der Waals surface area (Å²) in [6, 6.07) is 0. The fraction of sp³-hybridized carbons (Fsp3) is 0. The van der Waals surface area contributed by atoms with Gasteiger partial charge in [-0.05, 0) is 0 Å².